The number of anilines is 1. The molecule has 0 unspecified atom stereocenters. The maximum Gasteiger partial charge on any atom is 0.303 e. The molecule has 0 saturated carbocycles. The Morgan fingerprint density at radius 3 is 2.73 bits per heavy atom. The Morgan fingerprint density at radius 2 is 2.13 bits per heavy atom. The third-order valence-electron chi connectivity index (χ3n) is 2.09. The predicted octanol–water partition coefficient (Wildman–Crippen LogP) is 1.23. The number of ether oxygens (including phenoxy) is 1. The van der Waals surface area contributed by atoms with Gasteiger partial charge in [-0.3, -0.25) is 4.79 Å². The molecule has 1 aromatic carbocycles. The minimum Gasteiger partial charge on any atom is -0.496 e. The lowest BCUT2D eigenvalue weighted by molar-refractivity contribution is 0.404. The van der Waals surface area contributed by atoms with Crippen molar-refractivity contribution in [1.82, 2.24) is 5.16 Å². The second-order valence-corrected chi connectivity index (χ2v) is 2.98. The third-order valence-corrected chi connectivity index (χ3v) is 2.09. The molecule has 1 heterocycles. The number of nitrogens with two attached hydrogens (primary N) is 1. The van der Waals surface area contributed by atoms with Crippen molar-refractivity contribution in [2.45, 2.75) is 0 Å². The molecule has 0 radical (unpaired) electrons. The number of para-hydroxylation sites is 1. The number of benzene rings is 1. The fourth-order valence-corrected chi connectivity index (χ4v) is 1.34. The van der Waals surface area contributed by atoms with E-state index in [1.807, 2.05) is 12.1 Å². The Kier molecular flexibility index (Phi) is 2.21. The number of nitrogens with one attached hydrogen (secondary N) is 1. The Hall–Kier alpha value is -2.17. The normalized spacial score (nSPS) is 10.2. The van der Waals surface area contributed by atoms with E-state index < -0.39 is 5.56 Å². The molecule has 3 N–H and O–H groups in total. The highest BCUT2D eigenvalue weighted by Crippen LogP contribution is 2.31. The van der Waals surface area contributed by atoms with Crippen LogP contribution in [0.25, 0.3) is 11.3 Å². The molecule has 2 aromatic rings. The van der Waals surface area contributed by atoms with E-state index in [9.17, 15) is 4.79 Å². The van der Waals surface area contributed by atoms with E-state index in [4.69, 9.17) is 15.0 Å². The summed E-state index contributed by atoms with van der Waals surface area (Å²) < 4.78 is 10.1. The topological polar surface area (TPSA) is 81.2 Å². The first-order valence-electron chi connectivity index (χ1n) is 4.34. The molecule has 0 aliphatic carbocycles. The van der Waals surface area contributed by atoms with E-state index in [2.05, 4.69) is 5.16 Å². The smallest absolute Gasteiger partial charge is 0.303 e. The molecule has 0 aliphatic heterocycles. The van der Waals surface area contributed by atoms with Crippen molar-refractivity contribution < 1.29 is 9.26 Å². The maximum absolute atomic E-state index is 11.1. The van der Waals surface area contributed by atoms with E-state index in [1.54, 1.807) is 19.2 Å². The second kappa shape index (κ2) is 3.53. The molecule has 0 saturated heterocycles. The van der Waals surface area contributed by atoms with Gasteiger partial charge in [-0.1, -0.05) is 12.1 Å². The van der Waals surface area contributed by atoms with Crippen LogP contribution in [0.1, 0.15) is 0 Å². The van der Waals surface area contributed by atoms with Crippen LogP contribution in [0, 0.1) is 0 Å². The van der Waals surface area contributed by atoms with Gasteiger partial charge in [-0.25, -0.2) is 0 Å². The maximum atomic E-state index is 11.1. The number of H-pyrrole nitrogens is 1. The van der Waals surface area contributed by atoms with Crippen LogP contribution in [-0.4, -0.2) is 12.3 Å². The standard InChI is InChI=1S/C10H10N2O3/c1-14-7-5-3-2-4-6(7)9-8(11)10(13)12-15-9/h2-5H,11H2,1H3,(H,12,13). The van der Waals surface area contributed by atoms with Gasteiger partial charge in [0.2, 0.25) is 0 Å². The first-order chi connectivity index (χ1) is 7.24. The number of aromatic nitrogens is 1. The first-order valence-corrected chi connectivity index (χ1v) is 4.34. The van der Waals surface area contributed by atoms with Crippen molar-refractivity contribution >= 4 is 5.69 Å². The van der Waals surface area contributed by atoms with Crippen molar-refractivity contribution in [2.75, 3.05) is 12.8 Å². The van der Waals surface area contributed by atoms with Gasteiger partial charge in [-0.05, 0) is 12.1 Å². The molecule has 0 spiro atoms. The zero-order valence-corrected chi connectivity index (χ0v) is 8.11. The summed E-state index contributed by atoms with van der Waals surface area (Å²) in [6, 6.07) is 7.16. The Labute approximate surface area is 85.4 Å². The molecule has 0 atom stereocenters. The van der Waals surface area contributed by atoms with E-state index in [0.717, 1.165) is 0 Å². The van der Waals surface area contributed by atoms with Crippen LogP contribution < -0.4 is 16.0 Å². The molecule has 0 fully saturated rings. The summed E-state index contributed by atoms with van der Waals surface area (Å²) in [5, 5.41) is 2.18. The van der Waals surface area contributed by atoms with Crippen LogP contribution in [0.3, 0.4) is 0 Å². The minimum absolute atomic E-state index is 0.0551. The zero-order chi connectivity index (χ0) is 10.8. The Bertz CT molecular complexity index is 527. The van der Waals surface area contributed by atoms with E-state index >= 15 is 0 Å². The van der Waals surface area contributed by atoms with Gasteiger partial charge < -0.3 is 15.0 Å². The number of aromatic amines is 1. The fraction of sp³-hybridized carbons (Fsp3) is 0.100. The molecule has 0 bridgehead atoms. The van der Waals surface area contributed by atoms with E-state index in [0.29, 0.717) is 17.1 Å². The number of hydrogen-bond acceptors (Lipinski definition) is 4. The quantitative estimate of drug-likeness (QED) is 0.774. The zero-order valence-electron chi connectivity index (χ0n) is 8.11. The van der Waals surface area contributed by atoms with Crippen LogP contribution in [0.5, 0.6) is 5.75 Å². The van der Waals surface area contributed by atoms with Crippen molar-refractivity contribution in [3.05, 3.63) is 34.6 Å². The average Bonchev–Trinajstić information content (AvgIpc) is 2.60. The lowest BCUT2D eigenvalue weighted by Crippen LogP contribution is -2.04. The van der Waals surface area contributed by atoms with Gasteiger partial charge in [0.15, 0.2) is 5.76 Å². The summed E-state index contributed by atoms with van der Waals surface area (Å²) in [5.41, 5.74) is 5.83. The fourth-order valence-electron chi connectivity index (χ4n) is 1.34. The molecular weight excluding hydrogens is 196 g/mol. The van der Waals surface area contributed by atoms with Gasteiger partial charge in [0.25, 0.3) is 0 Å². The van der Waals surface area contributed by atoms with Gasteiger partial charge in [0.05, 0.1) is 12.7 Å². The lowest BCUT2D eigenvalue weighted by atomic mass is 10.1. The summed E-state index contributed by atoms with van der Waals surface area (Å²) in [5.74, 6) is 0.907. The number of nitrogen functional groups attached to an aromatic ring is 1. The van der Waals surface area contributed by atoms with Gasteiger partial charge in [-0.2, -0.15) is 5.16 Å². The molecule has 1 aromatic heterocycles. The van der Waals surface area contributed by atoms with Crippen molar-refractivity contribution in [3.63, 3.8) is 0 Å². The highest BCUT2D eigenvalue weighted by molar-refractivity contribution is 5.74. The Morgan fingerprint density at radius 1 is 1.40 bits per heavy atom. The highest BCUT2D eigenvalue weighted by Gasteiger charge is 2.14. The van der Waals surface area contributed by atoms with Crippen LogP contribution in [0.2, 0.25) is 0 Å². The lowest BCUT2D eigenvalue weighted by Gasteiger charge is -2.04. The van der Waals surface area contributed by atoms with Gasteiger partial charge >= 0.3 is 5.56 Å². The predicted molar refractivity (Wildman–Crippen MR) is 55.7 cm³/mol. The number of hydrogen-bond donors (Lipinski definition) is 2. The van der Waals surface area contributed by atoms with E-state index in [-0.39, 0.29) is 5.69 Å². The van der Waals surface area contributed by atoms with Crippen LogP contribution in [0.15, 0.2) is 33.6 Å². The van der Waals surface area contributed by atoms with Crippen molar-refractivity contribution in [3.8, 4) is 17.1 Å². The van der Waals surface area contributed by atoms with Gasteiger partial charge in [0.1, 0.15) is 11.4 Å². The summed E-state index contributed by atoms with van der Waals surface area (Å²) >= 11 is 0. The van der Waals surface area contributed by atoms with Gasteiger partial charge in [0, 0.05) is 0 Å². The molecular formula is C10H10N2O3. The molecule has 15 heavy (non-hydrogen) atoms. The summed E-state index contributed by atoms with van der Waals surface area (Å²) in [6.45, 7) is 0. The number of methoxy groups -OCH3 is 1. The van der Waals surface area contributed by atoms with Crippen molar-refractivity contribution in [1.29, 1.82) is 0 Å². The molecule has 2 rings (SSSR count). The monoisotopic (exact) mass is 206 g/mol. The largest absolute Gasteiger partial charge is 0.496 e. The molecule has 5 nitrogen and oxygen atoms in total. The van der Waals surface area contributed by atoms with Crippen LogP contribution in [0.4, 0.5) is 5.69 Å². The summed E-state index contributed by atoms with van der Waals surface area (Å²) in [4.78, 5) is 11.1. The number of rotatable bonds is 2. The first kappa shape index (κ1) is 9.39. The molecule has 78 valence electrons. The Balaban J connectivity index is 2.63. The second-order valence-electron chi connectivity index (χ2n) is 2.98. The van der Waals surface area contributed by atoms with Crippen LogP contribution in [-0.2, 0) is 0 Å². The highest BCUT2D eigenvalue weighted by atomic mass is 16.5. The summed E-state index contributed by atoms with van der Waals surface area (Å²) in [7, 11) is 1.54. The average molecular weight is 206 g/mol. The van der Waals surface area contributed by atoms with Gasteiger partial charge in [-0.15, -0.1) is 0 Å². The molecule has 5 heteroatoms. The SMILES string of the molecule is COc1ccccc1-c1o[nH]c(=O)c1N. The molecule has 0 aliphatic rings. The minimum atomic E-state index is -0.434. The molecule has 0 amide bonds. The summed E-state index contributed by atoms with van der Waals surface area (Å²) in [6.07, 6.45) is 0. The van der Waals surface area contributed by atoms with Crippen molar-refractivity contribution in [2.24, 2.45) is 0 Å². The third kappa shape index (κ3) is 1.48. The van der Waals surface area contributed by atoms with Crippen LogP contribution >= 0.6 is 0 Å². The van der Waals surface area contributed by atoms with E-state index in [1.165, 1.54) is 0 Å².